The number of carbonyl (C=O) groups is 1. The van der Waals surface area contributed by atoms with Crippen molar-refractivity contribution in [1.29, 1.82) is 0 Å². The van der Waals surface area contributed by atoms with Crippen LogP contribution in [-0.4, -0.2) is 21.9 Å². The highest BCUT2D eigenvalue weighted by molar-refractivity contribution is 5.94. The molecule has 18 heavy (non-hydrogen) atoms. The summed E-state index contributed by atoms with van der Waals surface area (Å²) < 4.78 is 0. The minimum atomic E-state index is -0.218. The molecule has 2 rings (SSSR count). The Labute approximate surface area is 106 Å². The maximum Gasteiger partial charge on any atom is 0.228 e. The molecule has 0 radical (unpaired) electrons. The van der Waals surface area contributed by atoms with Crippen LogP contribution < -0.4 is 11.1 Å². The fraction of sp³-hybridized carbons (Fsp3) is 0.385. The second-order valence-electron chi connectivity index (χ2n) is 4.69. The SMILES string of the molecule is Cc1nc2ccc(NC(=O)C(C)C(C)N)cc2[nH]1. The fourth-order valence-electron chi connectivity index (χ4n) is 1.71. The highest BCUT2D eigenvalue weighted by Gasteiger charge is 2.17. The fourth-order valence-corrected chi connectivity index (χ4v) is 1.71. The third-order valence-corrected chi connectivity index (χ3v) is 3.07. The van der Waals surface area contributed by atoms with Gasteiger partial charge in [-0.2, -0.15) is 0 Å². The number of hydrogen-bond donors (Lipinski definition) is 3. The van der Waals surface area contributed by atoms with Gasteiger partial charge in [0.15, 0.2) is 0 Å². The number of anilines is 1. The van der Waals surface area contributed by atoms with Crippen LogP contribution in [-0.2, 0) is 4.79 Å². The zero-order chi connectivity index (χ0) is 13.3. The van der Waals surface area contributed by atoms with Gasteiger partial charge < -0.3 is 16.0 Å². The lowest BCUT2D eigenvalue weighted by molar-refractivity contribution is -0.119. The second kappa shape index (κ2) is 4.78. The number of carbonyl (C=O) groups excluding carboxylic acids is 1. The van der Waals surface area contributed by atoms with Crippen LogP contribution >= 0.6 is 0 Å². The van der Waals surface area contributed by atoms with E-state index in [-0.39, 0.29) is 17.9 Å². The van der Waals surface area contributed by atoms with Gasteiger partial charge in [-0.15, -0.1) is 0 Å². The van der Waals surface area contributed by atoms with Crippen molar-refractivity contribution in [3.63, 3.8) is 0 Å². The second-order valence-corrected chi connectivity index (χ2v) is 4.69. The summed E-state index contributed by atoms with van der Waals surface area (Å²) in [5.74, 6) is 0.571. The number of benzene rings is 1. The summed E-state index contributed by atoms with van der Waals surface area (Å²) >= 11 is 0. The van der Waals surface area contributed by atoms with Gasteiger partial charge in [0, 0.05) is 11.7 Å². The first-order valence-electron chi connectivity index (χ1n) is 6.00. The number of imidazole rings is 1. The van der Waals surface area contributed by atoms with Crippen molar-refractivity contribution in [1.82, 2.24) is 9.97 Å². The van der Waals surface area contributed by atoms with Crippen LogP contribution in [0, 0.1) is 12.8 Å². The van der Waals surface area contributed by atoms with E-state index < -0.39 is 0 Å². The minimum Gasteiger partial charge on any atom is -0.342 e. The normalized spacial score (nSPS) is 14.4. The Morgan fingerprint density at radius 1 is 1.44 bits per heavy atom. The molecule has 0 spiro atoms. The molecular formula is C13H18N4O. The lowest BCUT2D eigenvalue weighted by Crippen LogP contribution is -2.34. The summed E-state index contributed by atoms with van der Waals surface area (Å²) in [4.78, 5) is 19.3. The first-order chi connectivity index (χ1) is 8.47. The van der Waals surface area contributed by atoms with E-state index in [9.17, 15) is 4.79 Å². The molecule has 0 saturated heterocycles. The van der Waals surface area contributed by atoms with Crippen LogP contribution in [0.15, 0.2) is 18.2 Å². The molecular weight excluding hydrogens is 228 g/mol. The molecule has 4 N–H and O–H groups in total. The first-order valence-corrected chi connectivity index (χ1v) is 6.00. The van der Waals surface area contributed by atoms with Crippen molar-refractivity contribution in [2.24, 2.45) is 11.7 Å². The Bertz CT molecular complexity index is 573. The van der Waals surface area contributed by atoms with Crippen molar-refractivity contribution in [3.05, 3.63) is 24.0 Å². The molecule has 0 bridgehead atoms. The highest BCUT2D eigenvalue weighted by Crippen LogP contribution is 2.18. The molecule has 1 heterocycles. The Balaban J connectivity index is 2.19. The Morgan fingerprint density at radius 3 is 2.83 bits per heavy atom. The zero-order valence-electron chi connectivity index (χ0n) is 10.8. The molecule has 1 aromatic carbocycles. The molecule has 0 saturated carbocycles. The first kappa shape index (κ1) is 12.6. The number of aromatic amines is 1. The monoisotopic (exact) mass is 246 g/mol. The van der Waals surface area contributed by atoms with Gasteiger partial charge in [-0.05, 0) is 32.0 Å². The van der Waals surface area contributed by atoms with Crippen LogP contribution in [0.3, 0.4) is 0 Å². The zero-order valence-corrected chi connectivity index (χ0v) is 10.8. The number of aromatic nitrogens is 2. The van der Waals surface area contributed by atoms with Gasteiger partial charge in [0.1, 0.15) is 5.82 Å². The number of fused-ring (bicyclic) bond motifs is 1. The highest BCUT2D eigenvalue weighted by atomic mass is 16.1. The van der Waals surface area contributed by atoms with Crippen LogP contribution in [0.2, 0.25) is 0 Å². The van der Waals surface area contributed by atoms with E-state index in [2.05, 4.69) is 15.3 Å². The summed E-state index contributed by atoms with van der Waals surface area (Å²) in [6, 6.07) is 5.43. The summed E-state index contributed by atoms with van der Waals surface area (Å²) in [5.41, 5.74) is 8.27. The summed E-state index contributed by atoms with van der Waals surface area (Å²) in [6.45, 7) is 5.54. The number of nitrogens with one attached hydrogen (secondary N) is 2. The van der Waals surface area contributed by atoms with E-state index in [1.165, 1.54) is 0 Å². The van der Waals surface area contributed by atoms with Crippen molar-refractivity contribution in [2.75, 3.05) is 5.32 Å². The molecule has 2 unspecified atom stereocenters. The van der Waals surface area contributed by atoms with Gasteiger partial charge in [-0.3, -0.25) is 4.79 Å². The average molecular weight is 246 g/mol. The maximum atomic E-state index is 11.9. The molecule has 5 heteroatoms. The Kier molecular flexibility index (Phi) is 3.34. The predicted molar refractivity (Wildman–Crippen MR) is 72.3 cm³/mol. The molecule has 0 aliphatic heterocycles. The van der Waals surface area contributed by atoms with E-state index in [4.69, 9.17) is 5.73 Å². The number of H-pyrrole nitrogens is 1. The topological polar surface area (TPSA) is 83.8 Å². The molecule has 1 aromatic heterocycles. The Hall–Kier alpha value is -1.88. The minimum absolute atomic E-state index is 0.0689. The molecule has 2 aromatic rings. The molecule has 2 atom stereocenters. The largest absolute Gasteiger partial charge is 0.342 e. The van der Waals surface area contributed by atoms with Gasteiger partial charge >= 0.3 is 0 Å². The average Bonchev–Trinajstić information content (AvgIpc) is 2.67. The van der Waals surface area contributed by atoms with E-state index in [0.29, 0.717) is 0 Å². The van der Waals surface area contributed by atoms with Crippen molar-refractivity contribution in [2.45, 2.75) is 26.8 Å². The van der Waals surface area contributed by atoms with Gasteiger partial charge in [0.05, 0.1) is 17.0 Å². The maximum absolute atomic E-state index is 11.9. The number of aryl methyl sites for hydroxylation is 1. The summed E-state index contributed by atoms with van der Waals surface area (Å²) in [6.07, 6.45) is 0. The number of hydrogen-bond acceptors (Lipinski definition) is 3. The molecule has 0 aliphatic rings. The molecule has 0 fully saturated rings. The number of nitrogens with two attached hydrogens (primary N) is 1. The predicted octanol–water partition coefficient (Wildman–Crippen LogP) is 1.79. The number of rotatable bonds is 3. The van der Waals surface area contributed by atoms with Crippen LogP contribution in [0.4, 0.5) is 5.69 Å². The van der Waals surface area contributed by atoms with Crippen LogP contribution in [0.1, 0.15) is 19.7 Å². The van der Waals surface area contributed by atoms with E-state index in [0.717, 1.165) is 22.5 Å². The lowest BCUT2D eigenvalue weighted by atomic mass is 10.0. The Morgan fingerprint density at radius 2 is 2.17 bits per heavy atom. The molecule has 0 aliphatic carbocycles. The standard InChI is InChI=1S/C13H18N4O/c1-7(8(2)14)13(18)17-10-4-5-11-12(6-10)16-9(3)15-11/h4-8H,14H2,1-3H3,(H,15,16)(H,17,18). The molecule has 96 valence electrons. The van der Waals surface area contributed by atoms with Gasteiger partial charge in [-0.25, -0.2) is 4.98 Å². The third kappa shape index (κ3) is 2.51. The van der Waals surface area contributed by atoms with E-state index in [1.807, 2.05) is 39.0 Å². The van der Waals surface area contributed by atoms with Crippen LogP contribution in [0.5, 0.6) is 0 Å². The lowest BCUT2D eigenvalue weighted by Gasteiger charge is -2.15. The smallest absolute Gasteiger partial charge is 0.228 e. The van der Waals surface area contributed by atoms with Crippen molar-refractivity contribution < 1.29 is 4.79 Å². The van der Waals surface area contributed by atoms with Gasteiger partial charge in [0.2, 0.25) is 5.91 Å². The van der Waals surface area contributed by atoms with Crippen molar-refractivity contribution in [3.8, 4) is 0 Å². The van der Waals surface area contributed by atoms with E-state index >= 15 is 0 Å². The van der Waals surface area contributed by atoms with Crippen molar-refractivity contribution >= 4 is 22.6 Å². The third-order valence-electron chi connectivity index (χ3n) is 3.07. The van der Waals surface area contributed by atoms with Gasteiger partial charge in [0.25, 0.3) is 0 Å². The van der Waals surface area contributed by atoms with Crippen LogP contribution in [0.25, 0.3) is 11.0 Å². The molecule has 1 amide bonds. The quantitative estimate of drug-likeness (QED) is 0.772. The summed E-state index contributed by atoms with van der Waals surface area (Å²) in [5, 5.41) is 2.86. The van der Waals surface area contributed by atoms with Gasteiger partial charge in [-0.1, -0.05) is 6.92 Å². The molecule has 5 nitrogen and oxygen atoms in total. The van der Waals surface area contributed by atoms with E-state index in [1.54, 1.807) is 0 Å². The number of amides is 1. The number of nitrogens with zero attached hydrogens (tertiary/aromatic N) is 1. The summed E-state index contributed by atoms with van der Waals surface area (Å²) in [7, 11) is 0.